The maximum Gasteiger partial charge on any atom is 0.240 e. The first-order valence-corrected chi connectivity index (χ1v) is 6.97. The van der Waals surface area contributed by atoms with E-state index >= 15 is 0 Å². The molecule has 1 aliphatic heterocycles. The van der Waals surface area contributed by atoms with Crippen molar-refractivity contribution in [2.24, 2.45) is 0 Å². The van der Waals surface area contributed by atoms with Crippen molar-refractivity contribution in [1.29, 1.82) is 0 Å². The predicted octanol–water partition coefficient (Wildman–Crippen LogP) is 1.12. The quantitative estimate of drug-likeness (QED) is 0.864. The first kappa shape index (κ1) is 14.0. The first-order valence-electron chi connectivity index (χ1n) is 6.97. The molecule has 6 nitrogen and oxygen atoms in total. The van der Waals surface area contributed by atoms with Crippen LogP contribution in [0.4, 0.5) is 0 Å². The summed E-state index contributed by atoms with van der Waals surface area (Å²) in [5.74, 6) is 1.59. The maximum absolute atomic E-state index is 11.3. The van der Waals surface area contributed by atoms with Crippen molar-refractivity contribution in [1.82, 2.24) is 20.4 Å². The highest BCUT2D eigenvalue weighted by Gasteiger charge is 2.21. The van der Waals surface area contributed by atoms with Crippen LogP contribution in [-0.2, 0) is 17.8 Å². The Labute approximate surface area is 113 Å². The molecule has 1 saturated heterocycles. The molecule has 0 aromatic carbocycles. The molecule has 0 spiro atoms. The van der Waals surface area contributed by atoms with Gasteiger partial charge in [0.15, 0.2) is 5.82 Å². The summed E-state index contributed by atoms with van der Waals surface area (Å²) < 4.78 is 5.25. The highest BCUT2D eigenvalue weighted by Crippen LogP contribution is 2.14. The van der Waals surface area contributed by atoms with Crippen molar-refractivity contribution in [2.75, 3.05) is 13.6 Å². The van der Waals surface area contributed by atoms with Gasteiger partial charge in [-0.05, 0) is 26.3 Å². The SMILES string of the molecule is CCCc1noc(CN(C)[C@@H]2CCNC(=O)CC2)n1. The lowest BCUT2D eigenvalue weighted by molar-refractivity contribution is -0.120. The van der Waals surface area contributed by atoms with E-state index < -0.39 is 0 Å². The van der Waals surface area contributed by atoms with Crippen LogP contribution in [-0.4, -0.2) is 40.6 Å². The molecule has 1 fully saturated rings. The van der Waals surface area contributed by atoms with E-state index in [9.17, 15) is 4.79 Å². The molecule has 1 aromatic heterocycles. The van der Waals surface area contributed by atoms with Gasteiger partial charge < -0.3 is 9.84 Å². The van der Waals surface area contributed by atoms with Crippen LogP contribution in [0.1, 0.15) is 44.3 Å². The number of amides is 1. The van der Waals surface area contributed by atoms with Gasteiger partial charge in [0.1, 0.15) is 0 Å². The number of carbonyl (C=O) groups excluding carboxylic acids is 1. The number of hydrogen-bond donors (Lipinski definition) is 1. The Kier molecular flexibility index (Phi) is 4.90. The Morgan fingerprint density at radius 3 is 3.11 bits per heavy atom. The van der Waals surface area contributed by atoms with Crippen LogP contribution >= 0.6 is 0 Å². The van der Waals surface area contributed by atoms with Gasteiger partial charge in [-0.25, -0.2) is 0 Å². The van der Waals surface area contributed by atoms with Crippen LogP contribution in [0.15, 0.2) is 4.52 Å². The zero-order valence-electron chi connectivity index (χ0n) is 11.7. The van der Waals surface area contributed by atoms with E-state index in [-0.39, 0.29) is 5.91 Å². The Morgan fingerprint density at radius 2 is 2.32 bits per heavy atom. The molecule has 0 bridgehead atoms. The number of nitrogens with zero attached hydrogens (tertiary/aromatic N) is 3. The van der Waals surface area contributed by atoms with Crippen LogP contribution in [0, 0.1) is 0 Å². The van der Waals surface area contributed by atoms with E-state index in [0.29, 0.717) is 24.9 Å². The molecule has 1 aliphatic rings. The maximum atomic E-state index is 11.3. The van der Waals surface area contributed by atoms with Crippen LogP contribution in [0.25, 0.3) is 0 Å². The average molecular weight is 266 g/mol. The molecule has 0 saturated carbocycles. The minimum atomic E-state index is 0.152. The molecule has 0 unspecified atom stereocenters. The number of hydrogen-bond acceptors (Lipinski definition) is 5. The second kappa shape index (κ2) is 6.65. The molecule has 0 radical (unpaired) electrons. The summed E-state index contributed by atoms with van der Waals surface area (Å²) in [5.41, 5.74) is 0. The standard InChI is InChI=1S/C13H22N4O2/c1-3-4-11-15-13(19-16-11)9-17(2)10-5-6-12(18)14-8-7-10/h10H,3-9H2,1-2H3,(H,14,18)/t10-/m0/s1. The molecular weight excluding hydrogens is 244 g/mol. The zero-order chi connectivity index (χ0) is 13.7. The number of aryl methyl sites for hydroxylation is 1. The van der Waals surface area contributed by atoms with Gasteiger partial charge in [-0.15, -0.1) is 0 Å². The number of rotatable bonds is 5. The zero-order valence-corrected chi connectivity index (χ0v) is 11.7. The Balaban J connectivity index is 1.88. The molecule has 2 heterocycles. The van der Waals surface area contributed by atoms with E-state index in [1.807, 2.05) is 7.05 Å². The molecule has 1 N–H and O–H groups in total. The first-order chi connectivity index (χ1) is 9.19. The van der Waals surface area contributed by atoms with Crippen molar-refractivity contribution in [3.63, 3.8) is 0 Å². The Morgan fingerprint density at radius 1 is 1.47 bits per heavy atom. The van der Waals surface area contributed by atoms with Crippen LogP contribution in [0.2, 0.25) is 0 Å². The summed E-state index contributed by atoms with van der Waals surface area (Å²) >= 11 is 0. The number of aromatic nitrogens is 2. The molecule has 6 heteroatoms. The van der Waals surface area contributed by atoms with Crippen molar-refractivity contribution in [3.8, 4) is 0 Å². The fourth-order valence-electron chi connectivity index (χ4n) is 2.37. The van der Waals surface area contributed by atoms with E-state index in [0.717, 1.165) is 38.1 Å². The molecule has 2 rings (SSSR count). The van der Waals surface area contributed by atoms with Crippen molar-refractivity contribution >= 4 is 5.91 Å². The Hall–Kier alpha value is -1.43. The molecule has 19 heavy (non-hydrogen) atoms. The second-order valence-electron chi connectivity index (χ2n) is 5.10. The van der Waals surface area contributed by atoms with Gasteiger partial charge in [0.2, 0.25) is 11.8 Å². The van der Waals surface area contributed by atoms with Crippen molar-refractivity contribution in [3.05, 3.63) is 11.7 Å². The van der Waals surface area contributed by atoms with Gasteiger partial charge in [-0.2, -0.15) is 4.98 Å². The highest BCUT2D eigenvalue weighted by atomic mass is 16.5. The average Bonchev–Trinajstić information content (AvgIpc) is 2.69. The van der Waals surface area contributed by atoms with Gasteiger partial charge in [0, 0.05) is 25.4 Å². The summed E-state index contributed by atoms with van der Waals surface area (Å²) in [4.78, 5) is 17.9. The fourth-order valence-corrected chi connectivity index (χ4v) is 2.37. The molecule has 1 atom stereocenters. The van der Waals surface area contributed by atoms with Crippen LogP contribution in [0.5, 0.6) is 0 Å². The summed E-state index contributed by atoms with van der Waals surface area (Å²) in [5, 5.41) is 6.85. The third-order valence-electron chi connectivity index (χ3n) is 3.50. The third-order valence-corrected chi connectivity index (χ3v) is 3.50. The summed E-state index contributed by atoms with van der Waals surface area (Å²) in [7, 11) is 2.05. The minimum absolute atomic E-state index is 0.152. The minimum Gasteiger partial charge on any atom is -0.356 e. The second-order valence-corrected chi connectivity index (χ2v) is 5.10. The van der Waals surface area contributed by atoms with E-state index in [1.54, 1.807) is 0 Å². The van der Waals surface area contributed by atoms with Gasteiger partial charge in [-0.3, -0.25) is 9.69 Å². The summed E-state index contributed by atoms with van der Waals surface area (Å²) in [6, 6.07) is 0.389. The summed E-state index contributed by atoms with van der Waals surface area (Å²) in [6.45, 7) is 3.49. The summed E-state index contributed by atoms with van der Waals surface area (Å²) in [6.07, 6.45) is 4.33. The lowest BCUT2D eigenvalue weighted by atomic mass is 10.1. The van der Waals surface area contributed by atoms with Crippen molar-refractivity contribution < 1.29 is 9.32 Å². The normalized spacial score (nSPS) is 20.4. The number of carbonyl (C=O) groups is 1. The lowest BCUT2D eigenvalue weighted by Crippen LogP contribution is -2.32. The molecule has 1 aromatic rings. The van der Waals surface area contributed by atoms with E-state index in [4.69, 9.17) is 4.52 Å². The van der Waals surface area contributed by atoms with Crippen LogP contribution in [0.3, 0.4) is 0 Å². The Bertz CT molecular complexity index is 419. The molecule has 0 aliphatic carbocycles. The van der Waals surface area contributed by atoms with Gasteiger partial charge in [0.05, 0.1) is 6.54 Å². The van der Waals surface area contributed by atoms with E-state index in [2.05, 4.69) is 27.3 Å². The monoisotopic (exact) mass is 266 g/mol. The lowest BCUT2D eigenvalue weighted by Gasteiger charge is -2.24. The molecule has 1 amide bonds. The largest absolute Gasteiger partial charge is 0.356 e. The van der Waals surface area contributed by atoms with Gasteiger partial charge in [-0.1, -0.05) is 12.1 Å². The smallest absolute Gasteiger partial charge is 0.240 e. The highest BCUT2D eigenvalue weighted by molar-refractivity contribution is 5.76. The van der Waals surface area contributed by atoms with Crippen LogP contribution < -0.4 is 5.32 Å². The molecular formula is C13H22N4O2. The van der Waals surface area contributed by atoms with E-state index in [1.165, 1.54) is 0 Å². The van der Waals surface area contributed by atoms with Gasteiger partial charge in [0.25, 0.3) is 0 Å². The van der Waals surface area contributed by atoms with Crippen molar-refractivity contribution in [2.45, 2.75) is 51.6 Å². The number of nitrogens with one attached hydrogen (secondary N) is 1. The third kappa shape index (κ3) is 4.02. The van der Waals surface area contributed by atoms with Gasteiger partial charge >= 0.3 is 0 Å². The predicted molar refractivity (Wildman–Crippen MR) is 70.4 cm³/mol. The molecule has 106 valence electrons. The topological polar surface area (TPSA) is 71.3 Å². The fraction of sp³-hybridized carbons (Fsp3) is 0.769.